The van der Waals surface area contributed by atoms with Gasteiger partial charge in [0.15, 0.2) is 0 Å². The summed E-state index contributed by atoms with van der Waals surface area (Å²) in [7, 11) is 0. The number of anilines is 1. The molecular weight excluding hydrogens is 376 g/mol. The zero-order valence-corrected chi connectivity index (χ0v) is 17.0. The van der Waals surface area contributed by atoms with Crippen LogP contribution < -0.4 is 10.2 Å². The molecule has 6 heteroatoms. The second kappa shape index (κ2) is 7.88. The Morgan fingerprint density at radius 3 is 2.93 bits per heavy atom. The van der Waals surface area contributed by atoms with Crippen LogP contribution in [0.5, 0.6) is 0 Å². The van der Waals surface area contributed by atoms with Crippen molar-refractivity contribution in [3.05, 3.63) is 87.9 Å². The zero-order valence-electron chi connectivity index (χ0n) is 17.0. The number of benzene rings is 1. The van der Waals surface area contributed by atoms with Crippen LogP contribution >= 0.6 is 0 Å². The summed E-state index contributed by atoms with van der Waals surface area (Å²) in [5, 5.41) is 3.00. The number of fused-ring (bicyclic) bond motifs is 2. The maximum atomic E-state index is 12.7. The first-order valence-electron chi connectivity index (χ1n) is 10.3. The van der Waals surface area contributed by atoms with Crippen LogP contribution in [0, 0.1) is 6.92 Å². The highest BCUT2D eigenvalue weighted by atomic mass is 16.5. The smallest absolute Gasteiger partial charge is 0.253 e. The molecule has 30 heavy (non-hydrogen) atoms. The average molecular weight is 400 g/mol. The zero-order chi connectivity index (χ0) is 20.5. The van der Waals surface area contributed by atoms with E-state index in [1.165, 1.54) is 22.4 Å². The van der Waals surface area contributed by atoms with Crippen LogP contribution in [-0.2, 0) is 37.5 Å². The number of carbonyl (C=O) groups excluding carboxylic acids is 1. The van der Waals surface area contributed by atoms with Crippen LogP contribution in [0.4, 0.5) is 5.82 Å². The fourth-order valence-corrected chi connectivity index (χ4v) is 4.19. The number of nitrogens with zero attached hydrogens (tertiary/aromatic N) is 3. The van der Waals surface area contributed by atoms with Crippen molar-refractivity contribution in [2.24, 2.45) is 0 Å². The van der Waals surface area contributed by atoms with Crippen molar-refractivity contribution in [3.63, 3.8) is 0 Å². The summed E-state index contributed by atoms with van der Waals surface area (Å²) >= 11 is 0. The van der Waals surface area contributed by atoms with Crippen molar-refractivity contribution in [1.82, 2.24) is 15.3 Å². The maximum Gasteiger partial charge on any atom is 0.253 e. The third-order valence-electron chi connectivity index (χ3n) is 5.82. The van der Waals surface area contributed by atoms with Gasteiger partial charge in [-0.3, -0.25) is 9.78 Å². The Kier molecular flexibility index (Phi) is 4.93. The van der Waals surface area contributed by atoms with Gasteiger partial charge in [-0.15, -0.1) is 0 Å². The average Bonchev–Trinajstić information content (AvgIpc) is 3.25. The minimum atomic E-state index is -0.109. The van der Waals surface area contributed by atoms with E-state index in [9.17, 15) is 4.79 Å². The number of aryl methyl sites for hydroxylation is 1. The van der Waals surface area contributed by atoms with Gasteiger partial charge in [-0.1, -0.05) is 24.3 Å². The van der Waals surface area contributed by atoms with Crippen LogP contribution in [0.15, 0.2) is 48.8 Å². The first kappa shape index (κ1) is 18.8. The number of aromatic nitrogens is 2. The van der Waals surface area contributed by atoms with E-state index in [-0.39, 0.29) is 5.91 Å². The normalized spacial score (nSPS) is 14.9. The largest absolute Gasteiger partial charge is 0.372 e. The van der Waals surface area contributed by atoms with Crippen molar-refractivity contribution in [2.45, 2.75) is 39.6 Å². The number of hydrogen-bond donors (Lipinski definition) is 1. The van der Waals surface area contributed by atoms with Gasteiger partial charge in [0.05, 0.1) is 18.8 Å². The van der Waals surface area contributed by atoms with E-state index in [2.05, 4.69) is 38.4 Å². The highest BCUT2D eigenvalue weighted by molar-refractivity contribution is 5.94. The lowest BCUT2D eigenvalue weighted by molar-refractivity contribution is 0.0950. The summed E-state index contributed by atoms with van der Waals surface area (Å²) in [5.74, 6) is 0.821. The molecule has 2 aliphatic rings. The van der Waals surface area contributed by atoms with Crippen molar-refractivity contribution in [2.75, 3.05) is 11.4 Å². The number of hydrogen-bond acceptors (Lipinski definition) is 5. The van der Waals surface area contributed by atoms with Gasteiger partial charge in [-0.05, 0) is 46.9 Å². The topological polar surface area (TPSA) is 67.3 Å². The number of pyridine rings is 2. The Balaban J connectivity index is 1.26. The number of carbonyl (C=O) groups is 1. The number of rotatable bonds is 4. The molecule has 2 aromatic heterocycles. The summed E-state index contributed by atoms with van der Waals surface area (Å²) in [6.45, 7) is 5.51. The van der Waals surface area contributed by atoms with Crippen LogP contribution in [0.25, 0.3) is 0 Å². The molecule has 5 rings (SSSR count). The van der Waals surface area contributed by atoms with E-state index < -0.39 is 0 Å². The van der Waals surface area contributed by atoms with E-state index in [0.717, 1.165) is 36.5 Å². The molecule has 4 heterocycles. The van der Waals surface area contributed by atoms with Gasteiger partial charge in [0.25, 0.3) is 5.91 Å². The third kappa shape index (κ3) is 3.66. The second-order valence-corrected chi connectivity index (χ2v) is 7.92. The predicted octanol–water partition coefficient (Wildman–Crippen LogP) is 3.31. The second-order valence-electron chi connectivity index (χ2n) is 7.92. The first-order chi connectivity index (χ1) is 14.7. The molecule has 0 saturated heterocycles. The molecule has 3 aromatic rings. The van der Waals surface area contributed by atoms with E-state index in [1.807, 2.05) is 31.3 Å². The van der Waals surface area contributed by atoms with Crippen molar-refractivity contribution in [1.29, 1.82) is 0 Å². The Morgan fingerprint density at radius 2 is 2.03 bits per heavy atom. The summed E-state index contributed by atoms with van der Waals surface area (Å²) in [6, 6.07) is 12.3. The Hall–Kier alpha value is -3.25. The van der Waals surface area contributed by atoms with Crippen molar-refractivity contribution in [3.8, 4) is 0 Å². The number of ether oxygens (including phenoxy) is 1. The first-order valence-corrected chi connectivity index (χ1v) is 10.3. The molecule has 1 amide bonds. The highest BCUT2D eigenvalue weighted by Gasteiger charge is 2.20. The molecule has 0 bridgehead atoms. The fraction of sp³-hybridized carbons (Fsp3) is 0.292. The van der Waals surface area contributed by atoms with Crippen LogP contribution in [-0.4, -0.2) is 22.4 Å². The van der Waals surface area contributed by atoms with Crippen molar-refractivity contribution < 1.29 is 9.53 Å². The molecule has 0 radical (unpaired) electrons. The SMILES string of the molecule is Cc1cc(C(=O)NCc2ccc3c(c2)COC3)cnc1N1CCc2ncccc2C1. The lowest BCUT2D eigenvalue weighted by Crippen LogP contribution is -2.32. The quantitative estimate of drug-likeness (QED) is 0.728. The molecule has 1 N–H and O–H groups in total. The lowest BCUT2D eigenvalue weighted by atomic mass is 10.0. The maximum absolute atomic E-state index is 12.7. The van der Waals surface area contributed by atoms with Crippen LogP contribution in [0.1, 0.15) is 43.9 Å². The minimum Gasteiger partial charge on any atom is -0.372 e. The van der Waals surface area contributed by atoms with Gasteiger partial charge < -0.3 is 15.0 Å². The standard InChI is InChI=1S/C24H24N4O2/c1-16-9-20(24(29)27-11-17-4-5-19-14-30-15-21(19)10-17)12-26-23(16)28-8-6-22-18(13-28)3-2-7-25-22/h2-5,7,9-10,12H,6,8,11,13-15H2,1H3,(H,27,29). The molecule has 6 nitrogen and oxygen atoms in total. The van der Waals surface area contributed by atoms with E-state index in [1.54, 1.807) is 6.20 Å². The monoisotopic (exact) mass is 400 g/mol. The van der Waals surface area contributed by atoms with Gasteiger partial charge in [0.2, 0.25) is 0 Å². The number of nitrogens with one attached hydrogen (secondary N) is 1. The summed E-state index contributed by atoms with van der Waals surface area (Å²) < 4.78 is 5.46. The summed E-state index contributed by atoms with van der Waals surface area (Å²) in [4.78, 5) is 24.0. The fourth-order valence-electron chi connectivity index (χ4n) is 4.19. The van der Waals surface area contributed by atoms with Gasteiger partial charge in [0, 0.05) is 44.1 Å². The molecule has 0 atom stereocenters. The van der Waals surface area contributed by atoms with Gasteiger partial charge in [-0.25, -0.2) is 4.98 Å². The molecule has 2 aliphatic heterocycles. The molecular formula is C24H24N4O2. The molecule has 1 aromatic carbocycles. The summed E-state index contributed by atoms with van der Waals surface area (Å²) in [5.41, 5.74) is 7.52. The molecule has 0 spiro atoms. The minimum absolute atomic E-state index is 0.109. The summed E-state index contributed by atoms with van der Waals surface area (Å²) in [6.07, 6.45) is 4.43. The Bertz CT molecular complexity index is 1110. The number of amides is 1. The van der Waals surface area contributed by atoms with Crippen molar-refractivity contribution >= 4 is 11.7 Å². The third-order valence-corrected chi connectivity index (χ3v) is 5.82. The van der Waals surface area contributed by atoms with E-state index in [0.29, 0.717) is 25.3 Å². The molecule has 0 saturated carbocycles. The van der Waals surface area contributed by atoms with Crippen LogP contribution in [0.3, 0.4) is 0 Å². The van der Waals surface area contributed by atoms with E-state index >= 15 is 0 Å². The molecule has 0 fully saturated rings. The van der Waals surface area contributed by atoms with Gasteiger partial charge >= 0.3 is 0 Å². The lowest BCUT2D eigenvalue weighted by Gasteiger charge is -2.30. The molecule has 0 aliphatic carbocycles. The molecule has 0 unspecified atom stereocenters. The van der Waals surface area contributed by atoms with Gasteiger partial charge in [0.1, 0.15) is 5.82 Å². The Morgan fingerprint density at radius 1 is 1.13 bits per heavy atom. The predicted molar refractivity (Wildman–Crippen MR) is 114 cm³/mol. The highest BCUT2D eigenvalue weighted by Crippen LogP contribution is 2.25. The Labute approximate surface area is 175 Å². The molecule has 152 valence electrons. The van der Waals surface area contributed by atoms with Gasteiger partial charge in [-0.2, -0.15) is 0 Å². The van der Waals surface area contributed by atoms with E-state index in [4.69, 9.17) is 4.74 Å². The van der Waals surface area contributed by atoms with Crippen LogP contribution in [0.2, 0.25) is 0 Å².